The van der Waals surface area contributed by atoms with E-state index >= 15 is 0 Å². The molecule has 0 saturated heterocycles. The van der Waals surface area contributed by atoms with E-state index in [4.69, 9.17) is 15.2 Å². The lowest BCUT2D eigenvalue weighted by molar-refractivity contribution is -0.121. The molecule has 1 amide bonds. The molecule has 2 heterocycles. The van der Waals surface area contributed by atoms with Gasteiger partial charge < -0.3 is 20.5 Å². The van der Waals surface area contributed by atoms with Gasteiger partial charge in [-0.3, -0.25) is 9.36 Å². The van der Waals surface area contributed by atoms with Crippen molar-refractivity contribution in [3.8, 4) is 5.88 Å². The van der Waals surface area contributed by atoms with Crippen molar-refractivity contribution in [3.05, 3.63) is 6.33 Å². The Labute approximate surface area is 121 Å². The van der Waals surface area contributed by atoms with Crippen LogP contribution in [0.2, 0.25) is 0 Å². The summed E-state index contributed by atoms with van der Waals surface area (Å²) in [4.78, 5) is 24.0. The average molecular weight is 294 g/mol. The minimum atomic E-state index is -0.0886. The molecule has 0 radical (unpaired) electrons. The van der Waals surface area contributed by atoms with Gasteiger partial charge in [-0.15, -0.1) is 0 Å². The van der Waals surface area contributed by atoms with Crippen LogP contribution in [0.4, 0.5) is 5.95 Å². The molecule has 2 aromatic heterocycles. The fourth-order valence-corrected chi connectivity index (χ4v) is 1.90. The summed E-state index contributed by atoms with van der Waals surface area (Å²) in [7, 11) is 3.08. The van der Waals surface area contributed by atoms with Gasteiger partial charge in [0.15, 0.2) is 11.2 Å². The van der Waals surface area contributed by atoms with Crippen molar-refractivity contribution in [1.82, 2.24) is 24.8 Å². The van der Waals surface area contributed by atoms with Crippen LogP contribution in [0, 0.1) is 0 Å². The lowest BCUT2D eigenvalue weighted by atomic mass is 10.4. The van der Waals surface area contributed by atoms with Gasteiger partial charge in [0.1, 0.15) is 6.33 Å². The van der Waals surface area contributed by atoms with E-state index in [0.29, 0.717) is 36.7 Å². The van der Waals surface area contributed by atoms with Gasteiger partial charge in [0.05, 0.1) is 13.7 Å². The molecule has 0 atom stereocenters. The molecule has 0 bridgehead atoms. The zero-order valence-corrected chi connectivity index (χ0v) is 12.0. The predicted molar refractivity (Wildman–Crippen MR) is 75.8 cm³/mol. The third-order valence-corrected chi connectivity index (χ3v) is 2.91. The van der Waals surface area contributed by atoms with E-state index < -0.39 is 0 Å². The first-order valence-electron chi connectivity index (χ1n) is 6.43. The summed E-state index contributed by atoms with van der Waals surface area (Å²) in [6.45, 7) is 1.33. The normalized spacial score (nSPS) is 10.8. The van der Waals surface area contributed by atoms with Gasteiger partial charge in [-0.05, 0) is 0 Å². The molecule has 2 aromatic rings. The number of carbonyl (C=O) groups is 1. The second-order valence-corrected chi connectivity index (χ2v) is 4.27. The number of nitrogens with two attached hydrogens (primary N) is 1. The minimum Gasteiger partial charge on any atom is -0.479 e. The van der Waals surface area contributed by atoms with Crippen molar-refractivity contribution in [2.24, 2.45) is 0 Å². The minimum absolute atomic E-state index is 0.0886. The highest BCUT2D eigenvalue weighted by atomic mass is 16.5. The molecule has 2 rings (SSSR count). The maximum Gasteiger partial charge on any atom is 0.245 e. The monoisotopic (exact) mass is 294 g/mol. The van der Waals surface area contributed by atoms with Crippen LogP contribution in [0.15, 0.2) is 6.33 Å². The molecule has 114 valence electrons. The third kappa shape index (κ3) is 3.37. The van der Waals surface area contributed by atoms with Gasteiger partial charge in [-0.25, -0.2) is 9.97 Å². The maximum atomic E-state index is 11.7. The van der Waals surface area contributed by atoms with Crippen LogP contribution in [-0.4, -0.2) is 52.8 Å². The number of methoxy groups -OCH3 is 2. The number of nitrogen functional groups attached to an aromatic ring is 1. The van der Waals surface area contributed by atoms with Crippen molar-refractivity contribution in [2.45, 2.75) is 13.0 Å². The lowest BCUT2D eigenvalue weighted by Gasteiger charge is -2.07. The Hall–Kier alpha value is -2.42. The van der Waals surface area contributed by atoms with Gasteiger partial charge >= 0.3 is 0 Å². The molecule has 0 aromatic carbocycles. The van der Waals surface area contributed by atoms with Crippen LogP contribution < -0.4 is 15.8 Å². The summed E-state index contributed by atoms with van der Waals surface area (Å²) in [5.74, 6) is 0.540. The van der Waals surface area contributed by atoms with Gasteiger partial charge in [-0.1, -0.05) is 0 Å². The van der Waals surface area contributed by atoms with E-state index in [-0.39, 0.29) is 18.3 Å². The number of fused-ring (bicyclic) bond motifs is 1. The van der Waals surface area contributed by atoms with Crippen LogP contribution in [0.1, 0.15) is 6.42 Å². The molecule has 0 aliphatic carbocycles. The summed E-state index contributed by atoms with van der Waals surface area (Å²) >= 11 is 0. The second-order valence-electron chi connectivity index (χ2n) is 4.27. The van der Waals surface area contributed by atoms with Crippen molar-refractivity contribution in [2.75, 3.05) is 33.1 Å². The van der Waals surface area contributed by atoms with Crippen LogP contribution in [0.25, 0.3) is 11.2 Å². The number of aromatic nitrogens is 4. The molecule has 0 unspecified atom stereocenters. The van der Waals surface area contributed by atoms with E-state index in [1.807, 2.05) is 0 Å². The first kappa shape index (κ1) is 15.0. The Kier molecular flexibility index (Phi) is 4.88. The fourth-order valence-electron chi connectivity index (χ4n) is 1.90. The number of anilines is 1. The molecule has 0 aliphatic rings. The average Bonchev–Trinajstić information content (AvgIpc) is 2.80. The standard InChI is InChI=1S/C12H18N6O3/c1-20-6-4-14-8(19)3-5-18-10-9(17-12(18)13)11(21-2)16-7-15-10/h7H,3-6H2,1-2H3,(H2,13,17)(H,14,19). The Morgan fingerprint density at radius 2 is 2.24 bits per heavy atom. The highest BCUT2D eigenvalue weighted by molar-refractivity contribution is 5.80. The first-order chi connectivity index (χ1) is 10.2. The molecule has 0 aliphatic heterocycles. The maximum absolute atomic E-state index is 11.7. The van der Waals surface area contributed by atoms with Crippen molar-refractivity contribution in [3.63, 3.8) is 0 Å². The number of amides is 1. The number of rotatable bonds is 7. The quantitative estimate of drug-likeness (QED) is 0.665. The van der Waals surface area contributed by atoms with Crippen LogP contribution in [-0.2, 0) is 16.1 Å². The molecule has 9 nitrogen and oxygen atoms in total. The Morgan fingerprint density at radius 3 is 2.95 bits per heavy atom. The zero-order valence-electron chi connectivity index (χ0n) is 12.0. The summed E-state index contributed by atoms with van der Waals surface area (Å²) < 4.78 is 11.6. The van der Waals surface area contributed by atoms with E-state index in [2.05, 4.69) is 20.3 Å². The molecular formula is C12H18N6O3. The highest BCUT2D eigenvalue weighted by Crippen LogP contribution is 2.22. The summed E-state index contributed by atoms with van der Waals surface area (Å²) in [6, 6.07) is 0. The lowest BCUT2D eigenvalue weighted by Crippen LogP contribution is -2.27. The number of aryl methyl sites for hydroxylation is 1. The fraction of sp³-hybridized carbons (Fsp3) is 0.500. The van der Waals surface area contributed by atoms with E-state index in [1.54, 1.807) is 11.7 Å². The molecule has 0 fully saturated rings. The van der Waals surface area contributed by atoms with Gasteiger partial charge in [0.25, 0.3) is 0 Å². The summed E-state index contributed by atoms with van der Waals surface area (Å²) in [5, 5.41) is 2.74. The number of imidazole rings is 1. The number of hydrogen-bond acceptors (Lipinski definition) is 7. The largest absolute Gasteiger partial charge is 0.479 e. The van der Waals surface area contributed by atoms with E-state index in [1.165, 1.54) is 13.4 Å². The number of nitrogens with zero attached hydrogens (tertiary/aromatic N) is 4. The van der Waals surface area contributed by atoms with Gasteiger partial charge in [0.2, 0.25) is 17.7 Å². The van der Waals surface area contributed by atoms with E-state index in [0.717, 1.165) is 0 Å². The number of nitrogens with one attached hydrogen (secondary N) is 1. The number of hydrogen-bond donors (Lipinski definition) is 2. The third-order valence-electron chi connectivity index (χ3n) is 2.91. The van der Waals surface area contributed by atoms with Crippen LogP contribution in [0.5, 0.6) is 5.88 Å². The highest BCUT2D eigenvalue weighted by Gasteiger charge is 2.15. The second kappa shape index (κ2) is 6.84. The molecule has 0 saturated carbocycles. The van der Waals surface area contributed by atoms with Crippen molar-refractivity contribution in [1.29, 1.82) is 0 Å². The molecule has 21 heavy (non-hydrogen) atoms. The molecule has 3 N–H and O–H groups in total. The van der Waals surface area contributed by atoms with Gasteiger partial charge in [-0.2, -0.15) is 4.98 Å². The molecule has 9 heteroatoms. The van der Waals surface area contributed by atoms with E-state index in [9.17, 15) is 4.79 Å². The van der Waals surface area contributed by atoms with Crippen LogP contribution >= 0.6 is 0 Å². The topological polar surface area (TPSA) is 117 Å². The summed E-state index contributed by atoms with van der Waals surface area (Å²) in [6.07, 6.45) is 1.64. The van der Waals surface area contributed by atoms with Gasteiger partial charge in [0, 0.05) is 26.6 Å². The summed E-state index contributed by atoms with van der Waals surface area (Å²) in [5.41, 5.74) is 6.89. The molecular weight excluding hydrogens is 276 g/mol. The van der Waals surface area contributed by atoms with Crippen LogP contribution in [0.3, 0.4) is 0 Å². The number of ether oxygens (including phenoxy) is 2. The first-order valence-corrected chi connectivity index (χ1v) is 6.43. The van der Waals surface area contributed by atoms with Crippen molar-refractivity contribution >= 4 is 23.0 Å². The van der Waals surface area contributed by atoms with Crippen molar-refractivity contribution < 1.29 is 14.3 Å². The number of carbonyl (C=O) groups excluding carboxylic acids is 1. The predicted octanol–water partition coefficient (Wildman–Crippen LogP) is -0.430. The Balaban J connectivity index is 2.08. The smallest absolute Gasteiger partial charge is 0.245 e. The Bertz CT molecular complexity index is 627. The Morgan fingerprint density at radius 1 is 1.43 bits per heavy atom. The zero-order chi connectivity index (χ0) is 15.2. The molecule has 0 spiro atoms. The SMILES string of the molecule is COCCNC(=O)CCn1c(N)nc2c(OC)ncnc21.